The average molecular weight is 387 g/mol. The molecule has 0 aliphatic carbocycles. The van der Waals surface area contributed by atoms with Gasteiger partial charge >= 0.3 is 6.03 Å². The Bertz CT molecular complexity index is 610. The van der Waals surface area contributed by atoms with E-state index in [1.54, 1.807) is 29.6 Å². The van der Waals surface area contributed by atoms with Crippen molar-refractivity contribution >= 4 is 57.2 Å². The van der Waals surface area contributed by atoms with Crippen molar-refractivity contribution in [3.63, 3.8) is 0 Å². The maximum Gasteiger partial charge on any atom is 0.316 e. The van der Waals surface area contributed by atoms with Gasteiger partial charge < -0.3 is 16.4 Å². The van der Waals surface area contributed by atoms with E-state index in [2.05, 4.69) is 33.2 Å². The summed E-state index contributed by atoms with van der Waals surface area (Å²) in [6.45, 7) is 0. The maximum absolute atomic E-state index is 11.9. The molecular formula is C12H10IN3O2S. The average Bonchev–Trinajstić information content (AvgIpc) is 2.78. The first-order chi connectivity index (χ1) is 9.04. The van der Waals surface area contributed by atoms with E-state index in [-0.39, 0.29) is 5.91 Å². The first-order valence-corrected chi connectivity index (χ1v) is 7.22. The molecule has 4 N–H and O–H groups in total. The van der Waals surface area contributed by atoms with Crippen molar-refractivity contribution in [1.82, 2.24) is 0 Å². The molecule has 0 fully saturated rings. The number of carbonyl (C=O) groups is 2. The third kappa shape index (κ3) is 3.93. The number of nitrogens with one attached hydrogen (secondary N) is 2. The van der Waals surface area contributed by atoms with Crippen LogP contribution >= 0.6 is 33.9 Å². The van der Waals surface area contributed by atoms with Crippen LogP contribution in [0.15, 0.2) is 35.7 Å². The van der Waals surface area contributed by atoms with Crippen LogP contribution in [0.3, 0.4) is 0 Å². The lowest BCUT2D eigenvalue weighted by molar-refractivity contribution is 0.102. The normalized spacial score (nSPS) is 9.95. The van der Waals surface area contributed by atoms with Crippen molar-refractivity contribution in [1.29, 1.82) is 0 Å². The Balaban J connectivity index is 2.03. The highest BCUT2D eigenvalue weighted by Crippen LogP contribution is 2.19. The van der Waals surface area contributed by atoms with Crippen LogP contribution in [0.5, 0.6) is 0 Å². The lowest BCUT2D eigenvalue weighted by Gasteiger charge is -2.05. The highest BCUT2D eigenvalue weighted by atomic mass is 127. The number of urea groups is 1. The largest absolute Gasteiger partial charge is 0.351 e. The van der Waals surface area contributed by atoms with Gasteiger partial charge in [-0.25, -0.2) is 4.79 Å². The fraction of sp³-hybridized carbons (Fsp3) is 0. The molecule has 1 aromatic heterocycles. The summed E-state index contributed by atoms with van der Waals surface area (Å²) in [6, 6.07) is 7.92. The highest BCUT2D eigenvalue weighted by molar-refractivity contribution is 14.1. The van der Waals surface area contributed by atoms with E-state index < -0.39 is 6.03 Å². The Morgan fingerprint density at radius 2 is 1.68 bits per heavy atom. The number of benzene rings is 1. The summed E-state index contributed by atoms with van der Waals surface area (Å²) in [7, 11) is 0. The summed E-state index contributed by atoms with van der Waals surface area (Å²) in [4.78, 5) is 22.6. The van der Waals surface area contributed by atoms with E-state index >= 15 is 0 Å². The predicted molar refractivity (Wildman–Crippen MR) is 84.6 cm³/mol. The Labute approximate surface area is 127 Å². The summed E-state index contributed by atoms with van der Waals surface area (Å²) < 4.78 is 1.06. The number of hydrogen-bond acceptors (Lipinski definition) is 3. The maximum atomic E-state index is 11.9. The van der Waals surface area contributed by atoms with Crippen LogP contribution in [0.4, 0.5) is 16.2 Å². The van der Waals surface area contributed by atoms with E-state index in [1.807, 2.05) is 6.07 Å². The number of primary amides is 1. The number of rotatable bonds is 3. The van der Waals surface area contributed by atoms with E-state index in [1.165, 1.54) is 11.3 Å². The number of anilines is 2. The number of hydrogen-bond donors (Lipinski definition) is 3. The SMILES string of the molecule is NC(=O)Nc1ccc(NC(=O)c2csc(I)c2)cc1. The van der Waals surface area contributed by atoms with Crippen molar-refractivity contribution < 1.29 is 9.59 Å². The third-order valence-electron chi connectivity index (χ3n) is 2.24. The molecule has 3 amide bonds. The number of amides is 3. The minimum Gasteiger partial charge on any atom is -0.351 e. The molecule has 98 valence electrons. The molecule has 0 radical (unpaired) electrons. The zero-order valence-corrected chi connectivity index (χ0v) is 12.6. The van der Waals surface area contributed by atoms with Gasteiger partial charge in [0.1, 0.15) is 0 Å². The van der Waals surface area contributed by atoms with Crippen LogP contribution < -0.4 is 16.4 Å². The quantitative estimate of drug-likeness (QED) is 0.708. The second-order valence-corrected chi connectivity index (χ2v) is 6.47. The van der Waals surface area contributed by atoms with E-state index in [0.29, 0.717) is 16.9 Å². The van der Waals surface area contributed by atoms with Crippen LogP contribution in [0.2, 0.25) is 0 Å². The summed E-state index contributed by atoms with van der Waals surface area (Å²) in [6.07, 6.45) is 0. The molecule has 0 atom stereocenters. The van der Waals surface area contributed by atoms with Gasteiger partial charge in [-0.2, -0.15) is 0 Å². The van der Waals surface area contributed by atoms with Crippen LogP contribution in [-0.2, 0) is 0 Å². The van der Waals surface area contributed by atoms with Gasteiger partial charge in [0, 0.05) is 16.8 Å². The molecule has 0 saturated heterocycles. The monoisotopic (exact) mass is 387 g/mol. The Hall–Kier alpha value is -1.61. The molecule has 5 nitrogen and oxygen atoms in total. The zero-order chi connectivity index (χ0) is 13.8. The molecule has 0 unspecified atom stereocenters. The van der Waals surface area contributed by atoms with E-state index in [9.17, 15) is 9.59 Å². The van der Waals surface area contributed by atoms with Gasteiger partial charge in [0.2, 0.25) is 0 Å². The second-order valence-electron chi connectivity index (χ2n) is 3.66. The van der Waals surface area contributed by atoms with Gasteiger partial charge in [-0.3, -0.25) is 4.79 Å². The van der Waals surface area contributed by atoms with Crippen LogP contribution in [0, 0.1) is 2.88 Å². The summed E-state index contributed by atoms with van der Waals surface area (Å²) in [5.41, 5.74) is 6.87. The number of halogens is 1. The summed E-state index contributed by atoms with van der Waals surface area (Å²) in [5.74, 6) is -0.158. The van der Waals surface area contributed by atoms with Gasteiger partial charge in [0.05, 0.1) is 8.45 Å². The number of carbonyl (C=O) groups excluding carboxylic acids is 2. The lowest BCUT2D eigenvalue weighted by Crippen LogP contribution is -2.19. The molecule has 19 heavy (non-hydrogen) atoms. The summed E-state index contributed by atoms with van der Waals surface area (Å²) in [5, 5.41) is 7.03. The molecule has 0 bridgehead atoms. The highest BCUT2D eigenvalue weighted by Gasteiger charge is 2.08. The number of nitrogens with two attached hydrogens (primary N) is 1. The number of thiophene rings is 1. The van der Waals surface area contributed by atoms with Crippen molar-refractivity contribution in [3.05, 3.63) is 44.2 Å². The van der Waals surface area contributed by atoms with Gasteiger partial charge in [0.25, 0.3) is 5.91 Å². The van der Waals surface area contributed by atoms with Gasteiger partial charge in [-0.15, -0.1) is 11.3 Å². The van der Waals surface area contributed by atoms with E-state index in [0.717, 1.165) is 2.88 Å². The molecule has 1 heterocycles. The minimum atomic E-state index is -0.621. The molecule has 7 heteroatoms. The van der Waals surface area contributed by atoms with Crippen LogP contribution in [0.25, 0.3) is 0 Å². The van der Waals surface area contributed by atoms with Crippen molar-refractivity contribution in [3.8, 4) is 0 Å². The Morgan fingerprint density at radius 1 is 1.11 bits per heavy atom. The van der Waals surface area contributed by atoms with Crippen molar-refractivity contribution in [2.75, 3.05) is 10.6 Å². The molecule has 0 aliphatic rings. The standard InChI is InChI=1S/C12H10IN3O2S/c13-10-5-7(6-19-10)11(17)15-8-1-3-9(4-2-8)16-12(14)18/h1-6H,(H,15,17)(H3,14,16,18). The minimum absolute atomic E-state index is 0.158. The van der Waals surface area contributed by atoms with Crippen molar-refractivity contribution in [2.45, 2.75) is 0 Å². The molecule has 2 rings (SSSR count). The van der Waals surface area contributed by atoms with Crippen LogP contribution in [-0.4, -0.2) is 11.9 Å². The molecule has 0 saturated carbocycles. The summed E-state index contributed by atoms with van der Waals surface area (Å²) >= 11 is 3.68. The third-order valence-corrected chi connectivity index (χ3v) is 4.03. The fourth-order valence-corrected chi connectivity index (χ4v) is 2.74. The fourth-order valence-electron chi connectivity index (χ4n) is 1.41. The van der Waals surface area contributed by atoms with Crippen LogP contribution in [0.1, 0.15) is 10.4 Å². The molecular weight excluding hydrogens is 377 g/mol. The molecule has 2 aromatic rings. The lowest BCUT2D eigenvalue weighted by atomic mass is 10.2. The van der Waals surface area contributed by atoms with Gasteiger partial charge in [0.15, 0.2) is 0 Å². The first-order valence-electron chi connectivity index (χ1n) is 5.26. The van der Waals surface area contributed by atoms with Gasteiger partial charge in [-0.1, -0.05) is 0 Å². The first kappa shape index (κ1) is 13.8. The zero-order valence-electron chi connectivity index (χ0n) is 9.64. The predicted octanol–water partition coefficient (Wildman–Crippen LogP) is 3.10. The second kappa shape index (κ2) is 6.02. The smallest absolute Gasteiger partial charge is 0.316 e. The van der Waals surface area contributed by atoms with E-state index in [4.69, 9.17) is 5.73 Å². The molecule has 1 aromatic carbocycles. The van der Waals surface area contributed by atoms with Crippen molar-refractivity contribution in [2.24, 2.45) is 5.73 Å². The van der Waals surface area contributed by atoms with Gasteiger partial charge in [-0.05, 0) is 52.9 Å². The topological polar surface area (TPSA) is 84.2 Å². The Morgan fingerprint density at radius 3 is 2.16 bits per heavy atom. The molecule has 0 spiro atoms. The molecule has 0 aliphatic heterocycles. The Kier molecular flexibility index (Phi) is 4.38.